The molecule has 1 heterocycles. The van der Waals surface area contributed by atoms with E-state index in [2.05, 4.69) is 5.16 Å². The Morgan fingerprint density at radius 1 is 1.47 bits per heavy atom. The van der Waals surface area contributed by atoms with Gasteiger partial charge in [-0.25, -0.2) is 9.18 Å². The standard InChI is InChI=1S/C11H8FNO4/c1-16-9-3-2-6(4-7(9)12)10-5-8(11(14)15)13-17-10/h2-5H,1H3,(H,14,15). The van der Waals surface area contributed by atoms with Crippen molar-refractivity contribution in [3.8, 4) is 17.1 Å². The highest BCUT2D eigenvalue weighted by Gasteiger charge is 2.13. The summed E-state index contributed by atoms with van der Waals surface area (Å²) in [5, 5.41) is 12.0. The zero-order valence-electron chi connectivity index (χ0n) is 8.81. The van der Waals surface area contributed by atoms with E-state index in [1.807, 2.05) is 0 Å². The van der Waals surface area contributed by atoms with E-state index in [0.717, 1.165) is 0 Å². The molecular weight excluding hydrogens is 229 g/mol. The van der Waals surface area contributed by atoms with Crippen LogP contribution in [0.3, 0.4) is 0 Å². The van der Waals surface area contributed by atoms with Gasteiger partial charge in [0.05, 0.1) is 7.11 Å². The first kappa shape index (κ1) is 11.1. The molecule has 0 bridgehead atoms. The highest BCUT2D eigenvalue weighted by Crippen LogP contribution is 2.25. The molecule has 0 amide bonds. The third kappa shape index (κ3) is 2.10. The van der Waals surface area contributed by atoms with Crippen molar-refractivity contribution in [2.75, 3.05) is 7.11 Å². The van der Waals surface area contributed by atoms with Gasteiger partial charge in [0, 0.05) is 11.6 Å². The first-order valence-corrected chi connectivity index (χ1v) is 4.65. The largest absolute Gasteiger partial charge is 0.494 e. The highest BCUT2D eigenvalue weighted by atomic mass is 19.1. The lowest BCUT2D eigenvalue weighted by atomic mass is 10.1. The molecule has 0 spiro atoms. The fourth-order valence-electron chi connectivity index (χ4n) is 1.33. The number of aromatic nitrogens is 1. The second-order valence-electron chi connectivity index (χ2n) is 3.23. The molecule has 0 atom stereocenters. The molecule has 2 aromatic rings. The summed E-state index contributed by atoms with van der Waals surface area (Å²) in [7, 11) is 1.36. The van der Waals surface area contributed by atoms with Gasteiger partial charge in [-0.2, -0.15) is 0 Å². The fourth-order valence-corrected chi connectivity index (χ4v) is 1.33. The number of aromatic carboxylic acids is 1. The molecule has 1 N–H and O–H groups in total. The molecule has 0 aliphatic carbocycles. The quantitative estimate of drug-likeness (QED) is 0.885. The Bertz CT molecular complexity index is 564. The van der Waals surface area contributed by atoms with Crippen LogP contribution in [0.25, 0.3) is 11.3 Å². The lowest BCUT2D eigenvalue weighted by Crippen LogP contribution is -1.94. The van der Waals surface area contributed by atoms with E-state index >= 15 is 0 Å². The Balaban J connectivity index is 2.39. The number of nitrogens with zero attached hydrogens (tertiary/aromatic N) is 1. The molecule has 0 aliphatic rings. The van der Waals surface area contributed by atoms with E-state index in [1.165, 1.54) is 25.3 Å². The Hall–Kier alpha value is -2.37. The topological polar surface area (TPSA) is 72.6 Å². The van der Waals surface area contributed by atoms with Gasteiger partial charge in [-0.05, 0) is 18.2 Å². The Labute approximate surface area is 95.4 Å². The number of ether oxygens (including phenoxy) is 1. The summed E-state index contributed by atoms with van der Waals surface area (Å²) in [4.78, 5) is 10.6. The first-order valence-electron chi connectivity index (χ1n) is 4.65. The van der Waals surface area contributed by atoms with E-state index in [-0.39, 0.29) is 17.2 Å². The average Bonchev–Trinajstić information content (AvgIpc) is 2.78. The number of halogens is 1. The van der Waals surface area contributed by atoms with E-state index in [9.17, 15) is 9.18 Å². The van der Waals surface area contributed by atoms with Crippen molar-refractivity contribution in [2.45, 2.75) is 0 Å². The molecule has 0 fully saturated rings. The summed E-state index contributed by atoms with van der Waals surface area (Å²) < 4.78 is 23.0. The van der Waals surface area contributed by atoms with Gasteiger partial charge in [0.2, 0.25) is 0 Å². The van der Waals surface area contributed by atoms with Crippen molar-refractivity contribution in [2.24, 2.45) is 0 Å². The molecule has 88 valence electrons. The zero-order chi connectivity index (χ0) is 12.4. The van der Waals surface area contributed by atoms with Crippen LogP contribution < -0.4 is 4.74 Å². The maximum Gasteiger partial charge on any atom is 0.358 e. The van der Waals surface area contributed by atoms with Crippen LogP contribution in [0.5, 0.6) is 5.75 Å². The number of hydrogen-bond acceptors (Lipinski definition) is 4. The predicted molar refractivity (Wildman–Crippen MR) is 55.4 cm³/mol. The molecule has 0 saturated heterocycles. The highest BCUT2D eigenvalue weighted by molar-refractivity contribution is 5.86. The number of hydrogen-bond donors (Lipinski definition) is 1. The molecule has 1 aromatic heterocycles. The minimum atomic E-state index is -1.20. The minimum absolute atomic E-state index is 0.103. The summed E-state index contributed by atoms with van der Waals surface area (Å²) in [6, 6.07) is 5.39. The number of rotatable bonds is 3. The summed E-state index contributed by atoms with van der Waals surface area (Å²) in [6.07, 6.45) is 0. The van der Waals surface area contributed by atoms with Crippen molar-refractivity contribution >= 4 is 5.97 Å². The van der Waals surface area contributed by atoms with Crippen molar-refractivity contribution in [1.82, 2.24) is 5.16 Å². The minimum Gasteiger partial charge on any atom is -0.494 e. The van der Waals surface area contributed by atoms with Crippen LogP contribution in [0.4, 0.5) is 4.39 Å². The maximum absolute atomic E-state index is 13.4. The van der Waals surface area contributed by atoms with Gasteiger partial charge >= 0.3 is 5.97 Å². The van der Waals surface area contributed by atoms with Gasteiger partial charge in [-0.1, -0.05) is 5.16 Å². The Kier molecular flexibility index (Phi) is 2.78. The summed E-state index contributed by atoms with van der Waals surface area (Å²) >= 11 is 0. The molecule has 1 aromatic carbocycles. The van der Waals surface area contributed by atoms with E-state index in [4.69, 9.17) is 14.4 Å². The van der Waals surface area contributed by atoms with Crippen molar-refractivity contribution in [3.05, 3.63) is 35.8 Å². The number of benzene rings is 1. The van der Waals surface area contributed by atoms with Crippen LogP contribution in [0.2, 0.25) is 0 Å². The lowest BCUT2D eigenvalue weighted by Gasteiger charge is -2.02. The second-order valence-corrected chi connectivity index (χ2v) is 3.23. The Morgan fingerprint density at radius 2 is 2.24 bits per heavy atom. The van der Waals surface area contributed by atoms with Gasteiger partial charge in [0.1, 0.15) is 0 Å². The third-order valence-electron chi connectivity index (χ3n) is 2.17. The van der Waals surface area contributed by atoms with Crippen LogP contribution in [0, 0.1) is 5.82 Å². The second kappa shape index (κ2) is 4.25. The van der Waals surface area contributed by atoms with Crippen molar-refractivity contribution in [3.63, 3.8) is 0 Å². The normalized spacial score (nSPS) is 10.2. The van der Waals surface area contributed by atoms with Gasteiger partial charge < -0.3 is 14.4 Å². The molecular formula is C11H8FNO4. The fraction of sp³-hybridized carbons (Fsp3) is 0.0909. The van der Waals surface area contributed by atoms with Gasteiger partial charge in [-0.3, -0.25) is 0 Å². The molecule has 0 unspecified atom stereocenters. The predicted octanol–water partition coefficient (Wildman–Crippen LogP) is 2.19. The van der Waals surface area contributed by atoms with E-state index < -0.39 is 11.8 Å². The average molecular weight is 237 g/mol. The molecule has 0 saturated carbocycles. The van der Waals surface area contributed by atoms with E-state index in [1.54, 1.807) is 6.07 Å². The summed E-state index contributed by atoms with van der Waals surface area (Å²) in [6.45, 7) is 0. The Morgan fingerprint density at radius 3 is 2.76 bits per heavy atom. The molecule has 0 radical (unpaired) electrons. The van der Waals surface area contributed by atoms with Crippen LogP contribution in [-0.2, 0) is 0 Å². The number of methoxy groups -OCH3 is 1. The molecule has 2 rings (SSSR count). The molecule has 6 heteroatoms. The smallest absolute Gasteiger partial charge is 0.358 e. The monoisotopic (exact) mass is 237 g/mol. The summed E-state index contributed by atoms with van der Waals surface area (Å²) in [5.41, 5.74) is 0.166. The van der Waals surface area contributed by atoms with Crippen LogP contribution in [0.1, 0.15) is 10.5 Å². The lowest BCUT2D eigenvalue weighted by molar-refractivity contribution is 0.0686. The van der Waals surface area contributed by atoms with Gasteiger partial charge in [0.15, 0.2) is 23.0 Å². The van der Waals surface area contributed by atoms with Gasteiger partial charge in [0.25, 0.3) is 0 Å². The van der Waals surface area contributed by atoms with E-state index in [0.29, 0.717) is 5.56 Å². The third-order valence-corrected chi connectivity index (χ3v) is 2.17. The molecule has 0 aliphatic heterocycles. The zero-order valence-corrected chi connectivity index (χ0v) is 8.81. The maximum atomic E-state index is 13.4. The molecule has 17 heavy (non-hydrogen) atoms. The van der Waals surface area contributed by atoms with Crippen LogP contribution in [0.15, 0.2) is 28.8 Å². The van der Waals surface area contributed by atoms with Crippen molar-refractivity contribution < 1.29 is 23.6 Å². The number of carbonyl (C=O) groups is 1. The first-order chi connectivity index (χ1) is 8.11. The number of carboxylic acids is 1. The molecule has 5 nitrogen and oxygen atoms in total. The van der Waals surface area contributed by atoms with Crippen molar-refractivity contribution in [1.29, 1.82) is 0 Å². The van der Waals surface area contributed by atoms with Crippen LogP contribution in [-0.4, -0.2) is 23.3 Å². The SMILES string of the molecule is COc1ccc(-c2cc(C(=O)O)no2)cc1F. The summed E-state index contributed by atoms with van der Waals surface area (Å²) in [5.74, 6) is -1.47. The van der Waals surface area contributed by atoms with Gasteiger partial charge in [-0.15, -0.1) is 0 Å². The number of carboxylic acid groups (broad SMARTS) is 1. The van der Waals surface area contributed by atoms with Crippen LogP contribution >= 0.6 is 0 Å².